The Bertz CT molecular complexity index is 876. The van der Waals surface area contributed by atoms with Crippen LogP contribution in [-0.2, 0) is 9.59 Å². The number of imide groups is 2. The number of fused-ring (bicyclic) bond motifs is 1. The fourth-order valence-electron chi connectivity index (χ4n) is 3.69. The predicted molar refractivity (Wildman–Crippen MR) is 102 cm³/mol. The molecule has 2 aromatic rings. The summed E-state index contributed by atoms with van der Waals surface area (Å²) in [5.41, 5.74) is 0.968. The monoisotopic (exact) mass is 386 g/mol. The Balaban J connectivity index is 1.53. The highest BCUT2D eigenvalue weighted by molar-refractivity contribution is 7.18. The van der Waals surface area contributed by atoms with Crippen molar-refractivity contribution in [2.75, 3.05) is 19.8 Å². The maximum Gasteiger partial charge on any atom is 0.335 e. The first-order chi connectivity index (χ1) is 13.0. The normalized spacial score (nSPS) is 21.4. The van der Waals surface area contributed by atoms with Gasteiger partial charge in [0.1, 0.15) is 5.01 Å². The molecular formula is C19H22N4O3S. The molecule has 0 saturated carbocycles. The molecule has 0 radical (unpaired) electrons. The van der Waals surface area contributed by atoms with Crippen LogP contribution in [0.15, 0.2) is 24.3 Å². The number of likely N-dealkylation sites (tertiary alicyclic amines) is 1. The predicted octanol–water partition coefficient (Wildman–Crippen LogP) is 2.84. The molecule has 0 N–H and O–H groups in total. The first kappa shape index (κ1) is 18.1. The quantitative estimate of drug-likeness (QED) is 0.584. The summed E-state index contributed by atoms with van der Waals surface area (Å²) in [6, 6.07) is 7.56. The van der Waals surface area contributed by atoms with E-state index in [0.717, 1.165) is 44.4 Å². The average molecular weight is 386 g/mol. The Labute approximate surface area is 161 Å². The third-order valence-electron chi connectivity index (χ3n) is 4.97. The molecule has 4 rings (SSSR count). The Morgan fingerprint density at radius 3 is 2.63 bits per heavy atom. The van der Waals surface area contributed by atoms with Gasteiger partial charge in [0.15, 0.2) is 0 Å². The Hall–Kier alpha value is -2.32. The maximum atomic E-state index is 12.6. The van der Waals surface area contributed by atoms with Crippen molar-refractivity contribution in [2.24, 2.45) is 5.92 Å². The number of para-hydroxylation sites is 1. The first-order valence-electron chi connectivity index (χ1n) is 9.22. The molecule has 0 unspecified atom stereocenters. The number of nitrogens with zero attached hydrogens (tertiary/aromatic N) is 4. The van der Waals surface area contributed by atoms with Gasteiger partial charge in [-0.2, -0.15) is 0 Å². The molecule has 1 aromatic heterocycles. The number of hydrogen-bond donors (Lipinski definition) is 0. The highest BCUT2D eigenvalue weighted by Crippen LogP contribution is 2.36. The third kappa shape index (κ3) is 3.23. The Morgan fingerprint density at radius 1 is 1.15 bits per heavy atom. The zero-order valence-corrected chi connectivity index (χ0v) is 16.2. The van der Waals surface area contributed by atoms with Crippen LogP contribution in [-0.4, -0.2) is 57.3 Å². The van der Waals surface area contributed by atoms with Crippen molar-refractivity contribution in [3.63, 3.8) is 0 Å². The van der Waals surface area contributed by atoms with Crippen molar-refractivity contribution in [3.05, 3.63) is 29.3 Å². The molecule has 7 nitrogen and oxygen atoms in total. The number of amides is 4. The number of thiazole rings is 1. The summed E-state index contributed by atoms with van der Waals surface area (Å²) in [6.45, 7) is 5.00. The summed E-state index contributed by atoms with van der Waals surface area (Å²) in [7, 11) is 0. The number of benzene rings is 1. The minimum atomic E-state index is -0.726. The van der Waals surface area contributed by atoms with Crippen molar-refractivity contribution in [3.8, 4) is 0 Å². The fraction of sp³-hybridized carbons (Fsp3) is 0.474. The summed E-state index contributed by atoms with van der Waals surface area (Å²) in [4.78, 5) is 46.1. The highest BCUT2D eigenvalue weighted by Gasteiger charge is 2.46. The van der Waals surface area contributed by atoms with E-state index < -0.39 is 17.8 Å². The van der Waals surface area contributed by atoms with E-state index in [1.54, 1.807) is 11.3 Å². The van der Waals surface area contributed by atoms with Gasteiger partial charge in [-0.25, -0.2) is 14.7 Å². The lowest BCUT2D eigenvalue weighted by atomic mass is 10.2. The van der Waals surface area contributed by atoms with Gasteiger partial charge in [-0.05, 0) is 30.9 Å². The van der Waals surface area contributed by atoms with Gasteiger partial charge < -0.3 is 0 Å². The van der Waals surface area contributed by atoms with Gasteiger partial charge in [0.25, 0.3) is 0 Å². The van der Waals surface area contributed by atoms with Crippen LogP contribution in [0.1, 0.15) is 37.7 Å². The molecule has 3 heterocycles. The molecule has 142 valence electrons. The van der Waals surface area contributed by atoms with E-state index >= 15 is 0 Å². The molecule has 1 atom stereocenters. The molecule has 2 aliphatic heterocycles. The van der Waals surface area contributed by atoms with Gasteiger partial charge in [-0.15, -0.1) is 11.3 Å². The molecule has 0 spiro atoms. The molecule has 2 fully saturated rings. The molecule has 4 amide bonds. The molecule has 27 heavy (non-hydrogen) atoms. The second-order valence-electron chi connectivity index (χ2n) is 7.46. The van der Waals surface area contributed by atoms with E-state index in [0.29, 0.717) is 0 Å². The van der Waals surface area contributed by atoms with Crippen molar-refractivity contribution >= 4 is 39.4 Å². The number of urea groups is 1. The highest BCUT2D eigenvalue weighted by atomic mass is 32.1. The molecule has 0 aliphatic carbocycles. The van der Waals surface area contributed by atoms with E-state index in [9.17, 15) is 14.4 Å². The average Bonchev–Trinajstić information content (AvgIpc) is 3.31. The summed E-state index contributed by atoms with van der Waals surface area (Å²) in [6.07, 6.45) is 1.90. The lowest BCUT2D eigenvalue weighted by Crippen LogP contribution is -2.42. The van der Waals surface area contributed by atoms with Crippen molar-refractivity contribution < 1.29 is 14.4 Å². The van der Waals surface area contributed by atoms with Gasteiger partial charge >= 0.3 is 17.8 Å². The zero-order chi connectivity index (χ0) is 19.1. The molecular weight excluding hydrogens is 364 g/mol. The van der Waals surface area contributed by atoms with Crippen molar-refractivity contribution in [1.82, 2.24) is 19.7 Å². The summed E-state index contributed by atoms with van der Waals surface area (Å²) in [5, 5.41) is 0.998. The number of rotatable bonds is 5. The van der Waals surface area contributed by atoms with E-state index in [-0.39, 0.29) is 25.2 Å². The van der Waals surface area contributed by atoms with E-state index in [2.05, 4.69) is 4.90 Å². The first-order valence-corrected chi connectivity index (χ1v) is 10.0. The van der Waals surface area contributed by atoms with Crippen LogP contribution in [0.4, 0.5) is 4.79 Å². The van der Waals surface area contributed by atoms with Gasteiger partial charge in [0.2, 0.25) is 0 Å². The van der Waals surface area contributed by atoms with E-state index in [1.165, 1.54) is 0 Å². The van der Waals surface area contributed by atoms with Crippen LogP contribution in [0.5, 0.6) is 0 Å². The molecule has 8 heteroatoms. The van der Waals surface area contributed by atoms with Crippen LogP contribution in [0, 0.1) is 5.92 Å². The lowest BCUT2D eigenvalue weighted by Gasteiger charge is -2.26. The second kappa shape index (κ2) is 7.01. The second-order valence-corrected chi connectivity index (χ2v) is 8.52. The zero-order valence-electron chi connectivity index (χ0n) is 15.4. The Morgan fingerprint density at radius 2 is 1.89 bits per heavy atom. The smallest absolute Gasteiger partial charge is 0.276 e. The number of carbonyl (C=O) groups excluding carboxylic acids is 3. The standard InChI is InChI=1S/C19H22N4O3S/c1-12(2)10-22-17(24)18(25)23(19(22)26)11-21-9-5-7-14(21)16-20-13-6-3-4-8-15(13)27-16/h3-4,6,8,12,14H,5,7,9-11H2,1-2H3/t14-/m1/s1. The summed E-state index contributed by atoms with van der Waals surface area (Å²) >= 11 is 1.65. The summed E-state index contributed by atoms with van der Waals surface area (Å²) < 4.78 is 1.13. The topological polar surface area (TPSA) is 73.8 Å². The maximum absolute atomic E-state index is 12.6. The van der Waals surface area contributed by atoms with Crippen LogP contribution in [0.3, 0.4) is 0 Å². The minimum Gasteiger partial charge on any atom is -0.276 e. The largest absolute Gasteiger partial charge is 0.335 e. The van der Waals surface area contributed by atoms with Crippen molar-refractivity contribution in [2.45, 2.75) is 32.7 Å². The van der Waals surface area contributed by atoms with Crippen LogP contribution in [0.2, 0.25) is 0 Å². The fourth-order valence-corrected chi connectivity index (χ4v) is 4.83. The number of carbonyl (C=O) groups is 3. The van der Waals surface area contributed by atoms with Gasteiger partial charge in [0.05, 0.1) is 22.9 Å². The number of aromatic nitrogens is 1. The van der Waals surface area contributed by atoms with Crippen LogP contribution in [0.25, 0.3) is 10.2 Å². The minimum absolute atomic E-state index is 0.0669. The van der Waals surface area contributed by atoms with Crippen molar-refractivity contribution in [1.29, 1.82) is 0 Å². The SMILES string of the molecule is CC(C)CN1C(=O)C(=O)N(CN2CCC[C@@H]2c2nc3ccccc3s2)C1=O. The van der Waals surface area contributed by atoms with Gasteiger partial charge in [0, 0.05) is 13.1 Å². The molecule has 1 aromatic carbocycles. The lowest BCUT2D eigenvalue weighted by molar-refractivity contribution is -0.144. The van der Waals surface area contributed by atoms with Crippen LogP contribution < -0.4 is 0 Å². The Kier molecular flexibility index (Phi) is 4.69. The van der Waals surface area contributed by atoms with E-state index in [4.69, 9.17) is 4.98 Å². The molecule has 2 saturated heterocycles. The molecule has 2 aliphatic rings. The van der Waals surface area contributed by atoms with Gasteiger partial charge in [-0.1, -0.05) is 26.0 Å². The van der Waals surface area contributed by atoms with Gasteiger partial charge in [-0.3, -0.25) is 19.4 Å². The third-order valence-corrected chi connectivity index (χ3v) is 6.10. The van der Waals surface area contributed by atoms with E-state index in [1.807, 2.05) is 38.1 Å². The summed E-state index contributed by atoms with van der Waals surface area (Å²) in [5.74, 6) is -1.33. The number of hydrogen-bond acceptors (Lipinski definition) is 6. The van der Waals surface area contributed by atoms with Crippen LogP contribution >= 0.6 is 11.3 Å². The molecule has 0 bridgehead atoms.